The lowest BCUT2D eigenvalue weighted by molar-refractivity contribution is -0.127. The van der Waals surface area contributed by atoms with E-state index in [0.717, 1.165) is 37.2 Å². The Morgan fingerprint density at radius 2 is 2.12 bits per heavy atom. The van der Waals surface area contributed by atoms with Crippen molar-refractivity contribution < 1.29 is 9.53 Å². The summed E-state index contributed by atoms with van der Waals surface area (Å²) in [6.07, 6.45) is 7.38. The largest absolute Gasteiger partial charge is 0.376 e. The zero-order valence-electron chi connectivity index (χ0n) is 15.9. The summed E-state index contributed by atoms with van der Waals surface area (Å²) in [5, 5.41) is 7.68. The molecule has 0 aromatic carbocycles. The molecule has 3 unspecified atom stereocenters. The molecule has 6 nitrogen and oxygen atoms in total. The molecule has 1 heterocycles. The van der Waals surface area contributed by atoms with Gasteiger partial charge in [0.15, 0.2) is 5.96 Å². The number of guanidine groups is 1. The van der Waals surface area contributed by atoms with Gasteiger partial charge in [-0.05, 0) is 37.9 Å². The summed E-state index contributed by atoms with van der Waals surface area (Å²) in [7, 11) is 3.52. The second-order valence-electron chi connectivity index (χ2n) is 7.05. The van der Waals surface area contributed by atoms with Gasteiger partial charge >= 0.3 is 0 Å². The third-order valence-electron chi connectivity index (χ3n) is 4.76. The molecule has 2 N–H and O–H groups in total. The molecule has 0 spiro atoms. The van der Waals surface area contributed by atoms with E-state index in [1.807, 2.05) is 0 Å². The van der Waals surface area contributed by atoms with E-state index in [-0.39, 0.29) is 18.6 Å². The van der Waals surface area contributed by atoms with Gasteiger partial charge in [0.05, 0.1) is 6.10 Å². The van der Waals surface area contributed by atoms with E-state index in [1.165, 1.54) is 31.4 Å². The summed E-state index contributed by atoms with van der Waals surface area (Å²) in [6, 6.07) is 0.433. The molecule has 0 aromatic rings. The maximum absolute atomic E-state index is 11.9. The minimum absolute atomic E-state index is 0.0151. The number of aliphatic imine (C=N–C) groups is 1. The highest BCUT2D eigenvalue weighted by Crippen LogP contribution is 2.28. The molecular formula is C18H34N4O2S. The predicted octanol–water partition coefficient (Wildman–Crippen LogP) is 1.85. The van der Waals surface area contributed by atoms with E-state index in [9.17, 15) is 4.79 Å². The van der Waals surface area contributed by atoms with Crippen molar-refractivity contribution in [2.45, 2.75) is 62.8 Å². The number of hydrogen-bond acceptors (Lipinski definition) is 4. The first-order valence-electron chi connectivity index (χ1n) is 9.56. The fourth-order valence-electron chi connectivity index (χ4n) is 3.31. The fraction of sp³-hybridized carbons (Fsp3) is 0.889. The Bertz CT molecular complexity index is 437. The maximum Gasteiger partial charge on any atom is 0.243 e. The Morgan fingerprint density at radius 1 is 1.28 bits per heavy atom. The molecule has 2 fully saturated rings. The monoisotopic (exact) mass is 370 g/mol. The Labute approximate surface area is 156 Å². The molecule has 2 rings (SSSR count). The highest BCUT2D eigenvalue weighted by Gasteiger charge is 2.23. The molecule has 2 aliphatic rings. The number of nitrogens with zero attached hydrogens (tertiary/aromatic N) is 2. The van der Waals surface area contributed by atoms with Gasteiger partial charge in [-0.1, -0.05) is 13.3 Å². The first-order valence-corrected chi connectivity index (χ1v) is 10.6. The number of thioether (sulfide) groups is 1. The summed E-state index contributed by atoms with van der Waals surface area (Å²) >= 11 is 2.06. The number of ether oxygens (including phenoxy) is 1. The molecule has 1 saturated carbocycles. The number of nitrogens with one attached hydrogen (secondary N) is 2. The van der Waals surface area contributed by atoms with Crippen LogP contribution < -0.4 is 10.6 Å². The topological polar surface area (TPSA) is 66.0 Å². The first-order chi connectivity index (χ1) is 12.1. The van der Waals surface area contributed by atoms with Crippen molar-refractivity contribution >= 4 is 23.6 Å². The predicted molar refractivity (Wildman–Crippen MR) is 105 cm³/mol. The molecule has 1 saturated heterocycles. The quantitative estimate of drug-likeness (QED) is 0.529. The Hall–Kier alpha value is -0.950. The van der Waals surface area contributed by atoms with E-state index in [0.29, 0.717) is 6.04 Å². The first kappa shape index (κ1) is 20.4. The van der Waals surface area contributed by atoms with Crippen LogP contribution in [-0.4, -0.2) is 73.7 Å². The van der Waals surface area contributed by atoms with Crippen molar-refractivity contribution in [2.75, 3.05) is 39.5 Å². The number of rotatable bonds is 7. The normalized spacial score (nSPS) is 27.2. The van der Waals surface area contributed by atoms with E-state index in [4.69, 9.17) is 4.74 Å². The van der Waals surface area contributed by atoms with Crippen LogP contribution in [0.4, 0.5) is 0 Å². The molecular weight excluding hydrogens is 336 g/mol. The van der Waals surface area contributed by atoms with E-state index in [1.54, 1.807) is 19.0 Å². The molecule has 1 aliphatic heterocycles. The fourth-order valence-corrected chi connectivity index (χ4v) is 4.49. The molecule has 0 bridgehead atoms. The Morgan fingerprint density at radius 3 is 2.80 bits per heavy atom. The third-order valence-corrected chi connectivity index (χ3v) is 5.99. The lowest BCUT2D eigenvalue weighted by Gasteiger charge is -2.30. The minimum atomic E-state index is 0.0151. The van der Waals surface area contributed by atoms with Crippen LogP contribution in [0, 0.1) is 0 Å². The molecule has 1 aliphatic carbocycles. The smallest absolute Gasteiger partial charge is 0.243 e. The maximum atomic E-state index is 11.9. The second kappa shape index (κ2) is 10.9. The van der Waals surface area contributed by atoms with Crippen molar-refractivity contribution in [1.29, 1.82) is 0 Å². The van der Waals surface area contributed by atoms with Gasteiger partial charge in [0.2, 0.25) is 5.91 Å². The van der Waals surface area contributed by atoms with Gasteiger partial charge in [-0.25, -0.2) is 4.99 Å². The highest BCUT2D eigenvalue weighted by molar-refractivity contribution is 7.99. The van der Waals surface area contributed by atoms with Crippen molar-refractivity contribution in [3.63, 3.8) is 0 Å². The number of carbonyl (C=O) groups excluding carboxylic acids is 1. The zero-order chi connectivity index (χ0) is 18.1. The summed E-state index contributed by atoms with van der Waals surface area (Å²) in [5.74, 6) is 1.94. The van der Waals surface area contributed by atoms with E-state index >= 15 is 0 Å². The van der Waals surface area contributed by atoms with Crippen LogP contribution in [0.25, 0.3) is 0 Å². The van der Waals surface area contributed by atoms with Crippen LogP contribution in [0.2, 0.25) is 0 Å². The zero-order valence-corrected chi connectivity index (χ0v) is 16.7. The second-order valence-corrected chi connectivity index (χ2v) is 8.63. The standard InChI is InChI=1S/C18H34N4O2S/c1-4-25-16-9-5-7-14(11-16)21-18(20-13-17(23)22(2)3)19-12-15-8-6-10-24-15/h14-16H,4-13H2,1-3H3,(H2,19,20,21). The number of carbonyl (C=O) groups is 1. The third kappa shape index (κ3) is 7.44. The van der Waals surface area contributed by atoms with Gasteiger partial charge in [-0.15, -0.1) is 0 Å². The molecule has 1 amide bonds. The van der Waals surface area contributed by atoms with Crippen LogP contribution in [0.3, 0.4) is 0 Å². The molecule has 3 atom stereocenters. The lowest BCUT2D eigenvalue weighted by atomic mass is 9.95. The summed E-state index contributed by atoms with van der Waals surface area (Å²) < 4.78 is 5.68. The van der Waals surface area contributed by atoms with Crippen LogP contribution in [0.15, 0.2) is 4.99 Å². The van der Waals surface area contributed by atoms with Crippen LogP contribution in [0.1, 0.15) is 45.4 Å². The number of likely N-dealkylation sites (N-methyl/N-ethyl adjacent to an activating group) is 1. The van der Waals surface area contributed by atoms with Crippen molar-refractivity contribution in [3.8, 4) is 0 Å². The highest BCUT2D eigenvalue weighted by atomic mass is 32.2. The van der Waals surface area contributed by atoms with Gasteiger partial charge < -0.3 is 20.3 Å². The minimum Gasteiger partial charge on any atom is -0.376 e. The van der Waals surface area contributed by atoms with Gasteiger partial charge in [0.1, 0.15) is 6.54 Å². The van der Waals surface area contributed by atoms with Crippen molar-refractivity contribution in [3.05, 3.63) is 0 Å². The van der Waals surface area contributed by atoms with Crippen LogP contribution >= 0.6 is 11.8 Å². The van der Waals surface area contributed by atoms with E-state index < -0.39 is 0 Å². The van der Waals surface area contributed by atoms with Crippen molar-refractivity contribution in [2.24, 2.45) is 4.99 Å². The summed E-state index contributed by atoms with van der Waals surface area (Å²) in [5.41, 5.74) is 0. The average Bonchev–Trinajstić information content (AvgIpc) is 3.11. The summed E-state index contributed by atoms with van der Waals surface area (Å²) in [6.45, 7) is 4.00. The summed E-state index contributed by atoms with van der Waals surface area (Å²) in [4.78, 5) is 18.0. The number of hydrogen-bond donors (Lipinski definition) is 2. The Kier molecular flexibility index (Phi) is 8.89. The van der Waals surface area contributed by atoms with Gasteiger partial charge in [0, 0.05) is 38.5 Å². The van der Waals surface area contributed by atoms with Crippen molar-refractivity contribution in [1.82, 2.24) is 15.5 Å². The molecule has 7 heteroatoms. The lowest BCUT2D eigenvalue weighted by Crippen LogP contribution is -2.48. The average molecular weight is 371 g/mol. The molecule has 0 radical (unpaired) electrons. The van der Waals surface area contributed by atoms with Crippen LogP contribution in [-0.2, 0) is 9.53 Å². The molecule has 25 heavy (non-hydrogen) atoms. The van der Waals surface area contributed by atoms with Gasteiger partial charge in [-0.2, -0.15) is 11.8 Å². The molecule has 144 valence electrons. The molecule has 0 aromatic heterocycles. The van der Waals surface area contributed by atoms with Crippen LogP contribution in [0.5, 0.6) is 0 Å². The van der Waals surface area contributed by atoms with Gasteiger partial charge in [-0.3, -0.25) is 4.79 Å². The SMILES string of the molecule is CCSC1CCCC(NC(=NCC(=O)N(C)C)NCC2CCCO2)C1. The van der Waals surface area contributed by atoms with E-state index in [2.05, 4.69) is 34.3 Å². The Balaban J connectivity index is 1.89. The number of amides is 1. The van der Waals surface area contributed by atoms with Gasteiger partial charge in [0.25, 0.3) is 0 Å².